The molecule has 2 N–H and O–H groups in total. The molecule has 2 aromatic rings. The predicted molar refractivity (Wildman–Crippen MR) is 88.4 cm³/mol. The van der Waals surface area contributed by atoms with Crippen molar-refractivity contribution in [3.8, 4) is 5.75 Å². The molecule has 1 aliphatic heterocycles. The van der Waals surface area contributed by atoms with Crippen LogP contribution in [0, 0.1) is 0 Å². The van der Waals surface area contributed by atoms with Crippen LogP contribution in [-0.2, 0) is 11.3 Å². The summed E-state index contributed by atoms with van der Waals surface area (Å²) < 4.78 is 7.83. The first kappa shape index (κ1) is 15.6. The van der Waals surface area contributed by atoms with Crippen LogP contribution < -0.4 is 15.4 Å². The van der Waals surface area contributed by atoms with Gasteiger partial charge >= 0.3 is 0 Å². The van der Waals surface area contributed by atoms with E-state index in [0.717, 1.165) is 30.1 Å². The van der Waals surface area contributed by atoms with E-state index in [1.54, 1.807) is 6.20 Å². The Morgan fingerprint density at radius 2 is 2.35 bits per heavy atom. The zero-order valence-electron chi connectivity index (χ0n) is 13.5. The van der Waals surface area contributed by atoms with Gasteiger partial charge in [-0.2, -0.15) is 0 Å². The number of rotatable bonds is 6. The molecule has 1 amide bonds. The molecular weight excluding hydrogens is 292 g/mol. The van der Waals surface area contributed by atoms with E-state index in [-0.39, 0.29) is 11.9 Å². The number of imidazole rings is 1. The van der Waals surface area contributed by atoms with Crippen molar-refractivity contribution in [3.05, 3.63) is 42.5 Å². The lowest BCUT2D eigenvalue weighted by Gasteiger charge is -2.26. The second-order valence-electron chi connectivity index (χ2n) is 5.74. The van der Waals surface area contributed by atoms with E-state index >= 15 is 0 Å². The Kier molecular flexibility index (Phi) is 4.62. The Bertz CT molecular complexity index is 669. The Hall–Kier alpha value is -2.34. The van der Waals surface area contributed by atoms with Crippen LogP contribution in [0.1, 0.15) is 31.9 Å². The average molecular weight is 314 g/mol. The molecule has 0 fully saturated rings. The fourth-order valence-electron chi connectivity index (χ4n) is 2.64. The van der Waals surface area contributed by atoms with Gasteiger partial charge < -0.3 is 19.9 Å². The van der Waals surface area contributed by atoms with E-state index in [0.29, 0.717) is 6.42 Å². The summed E-state index contributed by atoms with van der Waals surface area (Å²) in [5.74, 6) is 0.677. The van der Waals surface area contributed by atoms with Crippen LogP contribution in [0.3, 0.4) is 0 Å². The van der Waals surface area contributed by atoms with Gasteiger partial charge in [-0.05, 0) is 31.0 Å². The standard InChI is InChI=1S/C17H22N4O2/c1-3-15-17(22)20-14-5-4-13(10-16(14)23-15)12(2)19-7-9-21-8-6-18-11-21/h4-6,8,10-12,15,19H,3,7,9H2,1-2H3,(H,20,22). The van der Waals surface area contributed by atoms with Gasteiger partial charge in [0.2, 0.25) is 0 Å². The first-order chi connectivity index (χ1) is 11.2. The maximum Gasteiger partial charge on any atom is 0.265 e. The van der Waals surface area contributed by atoms with E-state index in [1.165, 1.54) is 0 Å². The molecule has 0 spiro atoms. The van der Waals surface area contributed by atoms with Crippen molar-refractivity contribution in [2.24, 2.45) is 0 Å². The first-order valence-electron chi connectivity index (χ1n) is 7.98. The van der Waals surface area contributed by atoms with Crippen molar-refractivity contribution in [2.75, 3.05) is 11.9 Å². The number of hydrogen-bond acceptors (Lipinski definition) is 4. The summed E-state index contributed by atoms with van der Waals surface area (Å²) in [7, 11) is 0. The number of ether oxygens (including phenoxy) is 1. The number of hydrogen-bond donors (Lipinski definition) is 2. The average Bonchev–Trinajstić information content (AvgIpc) is 3.07. The monoisotopic (exact) mass is 314 g/mol. The van der Waals surface area contributed by atoms with Gasteiger partial charge in [0.05, 0.1) is 12.0 Å². The molecule has 23 heavy (non-hydrogen) atoms. The minimum absolute atomic E-state index is 0.0701. The van der Waals surface area contributed by atoms with Crippen LogP contribution in [0.15, 0.2) is 36.9 Å². The normalized spacial score (nSPS) is 18.0. The third kappa shape index (κ3) is 3.53. The molecule has 1 aromatic heterocycles. The van der Waals surface area contributed by atoms with Gasteiger partial charge in [0.15, 0.2) is 6.10 Å². The summed E-state index contributed by atoms with van der Waals surface area (Å²) in [6.45, 7) is 5.79. The number of nitrogens with zero attached hydrogens (tertiary/aromatic N) is 2. The highest BCUT2D eigenvalue weighted by molar-refractivity contribution is 5.97. The maximum atomic E-state index is 11.8. The van der Waals surface area contributed by atoms with Gasteiger partial charge in [-0.25, -0.2) is 4.98 Å². The quantitative estimate of drug-likeness (QED) is 0.859. The molecule has 122 valence electrons. The number of benzene rings is 1. The van der Waals surface area contributed by atoms with Crippen molar-refractivity contribution in [1.29, 1.82) is 0 Å². The van der Waals surface area contributed by atoms with Gasteiger partial charge in [0.1, 0.15) is 5.75 Å². The lowest BCUT2D eigenvalue weighted by atomic mass is 10.1. The lowest BCUT2D eigenvalue weighted by Crippen LogP contribution is -2.36. The molecule has 0 aliphatic carbocycles. The van der Waals surface area contributed by atoms with E-state index in [4.69, 9.17) is 4.74 Å². The molecule has 0 bridgehead atoms. The highest BCUT2D eigenvalue weighted by atomic mass is 16.5. The molecule has 0 saturated heterocycles. The van der Waals surface area contributed by atoms with Crippen molar-refractivity contribution >= 4 is 11.6 Å². The minimum atomic E-state index is -0.401. The van der Waals surface area contributed by atoms with Gasteiger partial charge in [0.25, 0.3) is 5.91 Å². The van der Waals surface area contributed by atoms with E-state index < -0.39 is 6.10 Å². The molecule has 3 rings (SSSR count). The van der Waals surface area contributed by atoms with Gasteiger partial charge in [-0.3, -0.25) is 4.79 Å². The third-order valence-corrected chi connectivity index (χ3v) is 4.08. The van der Waals surface area contributed by atoms with Gasteiger partial charge in [-0.15, -0.1) is 0 Å². The van der Waals surface area contributed by atoms with Crippen molar-refractivity contribution in [1.82, 2.24) is 14.9 Å². The summed E-state index contributed by atoms with van der Waals surface area (Å²) in [5.41, 5.74) is 1.88. The number of carbonyl (C=O) groups is 1. The van der Waals surface area contributed by atoms with Crippen LogP contribution in [0.2, 0.25) is 0 Å². The molecule has 2 atom stereocenters. The topological polar surface area (TPSA) is 68.2 Å². The Morgan fingerprint density at radius 3 is 3.09 bits per heavy atom. The molecule has 1 aliphatic rings. The molecule has 0 saturated carbocycles. The molecule has 2 heterocycles. The molecule has 1 aromatic carbocycles. The zero-order chi connectivity index (χ0) is 16.2. The summed E-state index contributed by atoms with van der Waals surface area (Å²) in [4.78, 5) is 15.8. The second-order valence-corrected chi connectivity index (χ2v) is 5.74. The van der Waals surface area contributed by atoms with Crippen LogP contribution >= 0.6 is 0 Å². The number of fused-ring (bicyclic) bond motifs is 1. The molecule has 6 nitrogen and oxygen atoms in total. The molecule has 0 radical (unpaired) electrons. The van der Waals surface area contributed by atoms with Crippen molar-refractivity contribution in [3.63, 3.8) is 0 Å². The van der Waals surface area contributed by atoms with E-state index in [9.17, 15) is 4.79 Å². The SMILES string of the molecule is CCC1Oc2cc(C(C)NCCn3ccnc3)ccc2NC1=O. The predicted octanol–water partition coefficient (Wildman–Crippen LogP) is 2.34. The van der Waals surface area contributed by atoms with Crippen LogP contribution in [0.5, 0.6) is 5.75 Å². The summed E-state index contributed by atoms with van der Waals surface area (Å²) in [5, 5.41) is 6.38. The summed E-state index contributed by atoms with van der Waals surface area (Å²) in [6, 6.07) is 6.13. The van der Waals surface area contributed by atoms with Crippen molar-refractivity contribution < 1.29 is 9.53 Å². The van der Waals surface area contributed by atoms with Crippen LogP contribution in [0.4, 0.5) is 5.69 Å². The largest absolute Gasteiger partial charge is 0.478 e. The first-order valence-corrected chi connectivity index (χ1v) is 7.98. The van der Waals surface area contributed by atoms with Crippen LogP contribution in [-0.4, -0.2) is 28.1 Å². The Morgan fingerprint density at radius 1 is 1.48 bits per heavy atom. The fraction of sp³-hybridized carbons (Fsp3) is 0.412. The Balaban J connectivity index is 1.63. The minimum Gasteiger partial charge on any atom is -0.478 e. The second kappa shape index (κ2) is 6.83. The van der Waals surface area contributed by atoms with Gasteiger partial charge in [0, 0.05) is 31.5 Å². The number of carbonyl (C=O) groups excluding carboxylic acids is 1. The zero-order valence-corrected chi connectivity index (χ0v) is 13.5. The fourth-order valence-corrected chi connectivity index (χ4v) is 2.64. The molecule has 2 unspecified atom stereocenters. The molecular formula is C17H22N4O2. The lowest BCUT2D eigenvalue weighted by molar-refractivity contribution is -0.123. The smallest absolute Gasteiger partial charge is 0.265 e. The number of amides is 1. The molecule has 6 heteroatoms. The van der Waals surface area contributed by atoms with E-state index in [1.807, 2.05) is 42.2 Å². The summed E-state index contributed by atoms with van der Waals surface area (Å²) >= 11 is 0. The highest BCUT2D eigenvalue weighted by Gasteiger charge is 2.26. The number of aromatic nitrogens is 2. The van der Waals surface area contributed by atoms with Crippen molar-refractivity contribution in [2.45, 2.75) is 39.0 Å². The summed E-state index contributed by atoms with van der Waals surface area (Å²) in [6.07, 6.45) is 5.80. The number of nitrogens with one attached hydrogen (secondary N) is 2. The number of anilines is 1. The van der Waals surface area contributed by atoms with Gasteiger partial charge in [-0.1, -0.05) is 13.0 Å². The van der Waals surface area contributed by atoms with Crippen LogP contribution in [0.25, 0.3) is 0 Å². The van der Waals surface area contributed by atoms with E-state index in [2.05, 4.69) is 22.5 Å². The Labute approximate surface area is 135 Å². The highest BCUT2D eigenvalue weighted by Crippen LogP contribution is 2.32. The third-order valence-electron chi connectivity index (χ3n) is 4.08. The maximum absolute atomic E-state index is 11.8.